The molecule has 1 fully saturated rings. The van der Waals surface area contributed by atoms with Crippen molar-refractivity contribution >= 4 is 34.0 Å². The van der Waals surface area contributed by atoms with Crippen LogP contribution >= 0.6 is 0 Å². The van der Waals surface area contributed by atoms with Crippen molar-refractivity contribution in [3.05, 3.63) is 54.1 Å². The molecular formula is C23H22N4O3. The van der Waals surface area contributed by atoms with Crippen LogP contribution in [-0.4, -0.2) is 31.7 Å². The first-order valence-electron chi connectivity index (χ1n) is 10.2. The molecule has 2 heterocycles. The second-order valence-electron chi connectivity index (χ2n) is 7.67. The summed E-state index contributed by atoms with van der Waals surface area (Å²) in [4.78, 5) is 22.6. The number of ether oxygens (including phenoxy) is 1. The second kappa shape index (κ2) is 7.33. The summed E-state index contributed by atoms with van der Waals surface area (Å²) in [5.74, 6) is -0.187. The number of esters is 1. The number of aromatic hydroxyl groups is 1. The maximum Gasteiger partial charge on any atom is 0.344 e. The van der Waals surface area contributed by atoms with Crippen LogP contribution in [0.4, 0.5) is 5.82 Å². The van der Waals surface area contributed by atoms with E-state index in [1.54, 1.807) is 28.8 Å². The van der Waals surface area contributed by atoms with Crippen molar-refractivity contribution in [3.63, 3.8) is 0 Å². The molecule has 7 nitrogen and oxygen atoms in total. The Morgan fingerprint density at radius 3 is 2.50 bits per heavy atom. The Balaban J connectivity index is 1.71. The third-order valence-electron chi connectivity index (χ3n) is 5.62. The van der Waals surface area contributed by atoms with Crippen molar-refractivity contribution in [1.29, 1.82) is 0 Å². The molecule has 30 heavy (non-hydrogen) atoms. The Kier molecular flexibility index (Phi) is 4.50. The number of rotatable bonds is 3. The largest absolute Gasteiger partial charge is 0.508 e. The van der Waals surface area contributed by atoms with E-state index in [9.17, 15) is 9.90 Å². The lowest BCUT2D eigenvalue weighted by Crippen LogP contribution is -2.21. The van der Waals surface area contributed by atoms with E-state index in [0.29, 0.717) is 27.9 Å². The fourth-order valence-electron chi connectivity index (χ4n) is 4.15. The normalized spacial score (nSPS) is 14.9. The number of phenols is 1. The number of nitrogens with two attached hydrogens (primary N) is 1. The minimum absolute atomic E-state index is 0.0915. The number of anilines is 1. The van der Waals surface area contributed by atoms with Gasteiger partial charge < -0.3 is 15.6 Å². The fraction of sp³-hybridized carbons (Fsp3) is 0.261. The predicted octanol–water partition coefficient (Wildman–Crippen LogP) is 4.35. The predicted molar refractivity (Wildman–Crippen MR) is 115 cm³/mol. The Morgan fingerprint density at radius 2 is 1.77 bits per heavy atom. The van der Waals surface area contributed by atoms with Crippen molar-refractivity contribution in [3.8, 4) is 11.4 Å². The molecule has 5 rings (SSSR count). The van der Waals surface area contributed by atoms with Crippen LogP contribution in [0.25, 0.3) is 27.9 Å². The van der Waals surface area contributed by atoms with E-state index in [4.69, 9.17) is 20.4 Å². The zero-order valence-corrected chi connectivity index (χ0v) is 16.4. The van der Waals surface area contributed by atoms with E-state index in [1.807, 2.05) is 24.3 Å². The number of carbonyl (C=O) groups excluding carboxylic acids is 1. The SMILES string of the molecule is Nc1c(C(=O)OC2CCCCC2)c2nc3ccccc3nc2n1-c1cccc(O)c1. The minimum Gasteiger partial charge on any atom is -0.508 e. The molecule has 1 aliphatic rings. The van der Waals surface area contributed by atoms with Gasteiger partial charge in [-0.2, -0.15) is 0 Å². The summed E-state index contributed by atoms with van der Waals surface area (Å²) in [5, 5.41) is 9.96. The average molecular weight is 402 g/mol. The van der Waals surface area contributed by atoms with Crippen LogP contribution in [-0.2, 0) is 4.74 Å². The molecule has 0 aliphatic heterocycles. The lowest BCUT2D eigenvalue weighted by atomic mass is 9.98. The van der Waals surface area contributed by atoms with Gasteiger partial charge in [-0.1, -0.05) is 24.6 Å². The highest BCUT2D eigenvalue weighted by molar-refractivity contribution is 6.09. The zero-order valence-electron chi connectivity index (χ0n) is 16.4. The zero-order chi connectivity index (χ0) is 20.7. The van der Waals surface area contributed by atoms with Crippen LogP contribution in [0.5, 0.6) is 5.75 Å². The first-order valence-corrected chi connectivity index (χ1v) is 10.2. The van der Waals surface area contributed by atoms with Gasteiger partial charge in [0.1, 0.15) is 28.8 Å². The van der Waals surface area contributed by atoms with Crippen molar-refractivity contribution in [2.24, 2.45) is 0 Å². The third-order valence-corrected chi connectivity index (χ3v) is 5.62. The van der Waals surface area contributed by atoms with Gasteiger partial charge in [0.05, 0.1) is 16.7 Å². The number of aromatic nitrogens is 3. The lowest BCUT2D eigenvalue weighted by Gasteiger charge is -2.21. The lowest BCUT2D eigenvalue weighted by molar-refractivity contribution is 0.0214. The van der Waals surface area contributed by atoms with Gasteiger partial charge in [-0.05, 0) is 49.9 Å². The summed E-state index contributed by atoms with van der Waals surface area (Å²) in [5.41, 5.74) is 9.49. The van der Waals surface area contributed by atoms with Gasteiger partial charge in [0.15, 0.2) is 5.65 Å². The van der Waals surface area contributed by atoms with E-state index in [2.05, 4.69) is 0 Å². The molecule has 0 unspecified atom stereocenters. The van der Waals surface area contributed by atoms with Gasteiger partial charge in [-0.15, -0.1) is 0 Å². The average Bonchev–Trinajstić information content (AvgIpc) is 3.03. The highest BCUT2D eigenvalue weighted by Gasteiger charge is 2.28. The van der Waals surface area contributed by atoms with Gasteiger partial charge in [0.25, 0.3) is 0 Å². The van der Waals surface area contributed by atoms with Crippen LogP contribution in [0.3, 0.4) is 0 Å². The fourth-order valence-corrected chi connectivity index (χ4v) is 4.15. The summed E-state index contributed by atoms with van der Waals surface area (Å²) < 4.78 is 7.45. The summed E-state index contributed by atoms with van der Waals surface area (Å²) in [6.45, 7) is 0. The number of nitrogens with zero attached hydrogens (tertiary/aromatic N) is 3. The molecule has 0 spiro atoms. The molecule has 0 bridgehead atoms. The number of hydrogen-bond donors (Lipinski definition) is 2. The van der Waals surface area contributed by atoms with Crippen LogP contribution in [0.2, 0.25) is 0 Å². The van der Waals surface area contributed by atoms with Gasteiger partial charge in [0, 0.05) is 6.07 Å². The quantitative estimate of drug-likeness (QED) is 0.494. The van der Waals surface area contributed by atoms with Crippen molar-refractivity contribution in [2.45, 2.75) is 38.2 Å². The molecular weight excluding hydrogens is 380 g/mol. The Bertz CT molecular complexity index is 1260. The standard InChI is InChI=1S/C23H22N4O3/c24-21-19(23(29)30-16-9-2-1-3-10-16)20-22(26-18-12-5-4-11-17(18)25-20)27(21)14-7-6-8-15(28)13-14/h4-8,11-13,16,28H,1-3,9-10,24H2. The Morgan fingerprint density at radius 1 is 1.03 bits per heavy atom. The maximum absolute atomic E-state index is 13.2. The van der Waals surface area contributed by atoms with Crippen LogP contribution in [0.1, 0.15) is 42.5 Å². The molecule has 152 valence electrons. The van der Waals surface area contributed by atoms with Gasteiger partial charge in [0.2, 0.25) is 0 Å². The molecule has 7 heteroatoms. The number of benzene rings is 2. The molecule has 0 amide bonds. The maximum atomic E-state index is 13.2. The molecule has 2 aromatic carbocycles. The van der Waals surface area contributed by atoms with E-state index in [-0.39, 0.29) is 23.2 Å². The molecule has 1 saturated carbocycles. The molecule has 0 saturated heterocycles. The van der Waals surface area contributed by atoms with Gasteiger partial charge in [-0.3, -0.25) is 4.57 Å². The van der Waals surface area contributed by atoms with Crippen molar-refractivity contribution in [2.75, 3.05) is 5.73 Å². The number of fused-ring (bicyclic) bond motifs is 2. The van der Waals surface area contributed by atoms with Crippen molar-refractivity contribution < 1.29 is 14.6 Å². The minimum atomic E-state index is -0.479. The molecule has 1 aliphatic carbocycles. The first kappa shape index (κ1) is 18.4. The molecule has 4 aromatic rings. The van der Waals surface area contributed by atoms with Gasteiger partial charge >= 0.3 is 5.97 Å². The summed E-state index contributed by atoms with van der Waals surface area (Å²) in [6.07, 6.45) is 4.92. The molecule has 0 radical (unpaired) electrons. The van der Waals surface area contributed by atoms with Crippen molar-refractivity contribution in [1.82, 2.24) is 14.5 Å². The van der Waals surface area contributed by atoms with Crippen LogP contribution < -0.4 is 5.73 Å². The number of carbonyl (C=O) groups is 1. The Hall–Kier alpha value is -3.61. The third kappa shape index (κ3) is 3.12. The van der Waals surface area contributed by atoms with Crippen LogP contribution in [0.15, 0.2) is 48.5 Å². The summed E-state index contributed by atoms with van der Waals surface area (Å²) in [6, 6.07) is 14.1. The van der Waals surface area contributed by atoms with E-state index >= 15 is 0 Å². The summed E-state index contributed by atoms with van der Waals surface area (Å²) >= 11 is 0. The van der Waals surface area contributed by atoms with Crippen LogP contribution in [0, 0.1) is 0 Å². The second-order valence-corrected chi connectivity index (χ2v) is 7.67. The van der Waals surface area contributed by atoms with Gasteiger partial charge in [-0.25, -0.2) is 14.8 Å². The topological polar surface area (TPSA) is 103 Å². The molecule has 0 atom stereocenters. The van der Waals surface area contributed by atoms with E-state index in [1.165, 1.54) is 6.42 Å². The number of phenolic OH excluding ortho intramolecular Hbond substituents is 1. The number of para-hydroxylation sites is 2. The monoisotopic (exact) mass is 402 g/mol. The number of nitrogen functional groups attached to an aromatic ring is 1. The highest BCUT2D eigenvalue weighted by atomic mass is 16.5. The number of hydrogen-bond acceptors (Lipinski definition) is 6. The molecule has 3 N–H and O–H groups in total. The van der Waals surface area contributed by atoms with E-state index in [0.717, 1.165) is 25.7 Å². The Labute approximate surface area is 173 Å². The smallest absolute Gasteiger partial charge is 0.344 e. The summed E-state index contributed by atoms with van der Waals surface area (Å²) in [7, 11) is 0. The highest BCUT2D eigenvalue weighted by Crippen LogP contribution is 2.33. The molecule has 2 aromatic heterocycles. The van der Waals surface area contributed by atoms with E-state index < -0.39 is 5.97 Å². The first-order chi connectivity index (χ1) is 14.6.